The molecule has 2 aromatic carbocycles. The largest absolute Gasteiger partial charge is 0.356 e. The molecule has 0 unspecified atom stereocenters. The summed E-state index contributed by atoms with van der Waals surface area (Å²) in [5.41, 5.74) is 4.66. The van der Waals surface area contributed by atoms with Crippen LogP contribution in [0.2, 0.25) is 0 Å². The summed E-state index contributed by atoms with van der Waals surface area (Å²) < 4.78 is 1.19. The number of rotatable bonds is 4. The highest BCUT2D eigenvalue weighted by molar-refractivity contribution is 6.42. The molecule has 3 aromatic rings. The molecule has 3 N–H and O–H groups in total. The molecule has 0 bridgehead atoms. The number of carbonyl (C=O) groups is 2. The summed E-state index contributed by atoms with van der Waals surface area (Å²) >= 11 is 0. The summed E-state index contributed by atoms with van der Waals surface area (Å²) in [6.07, 6.45) is 2.55. The molecule has 0 spiro atoms. The van der Waals surface area contributed by atoms with Crippen LogP contribution in [0.5, 0.6) is 0 Å². The van der Waals surface area contributed by atoms with E-state index in [1.165, 1.54) is 17.3 Å². The Morgan fingerprint density at radius 2 is 1.33 bits per heavy atom. The van der Waals surface area contributed by atoms with Gasteiger partial charge in [-0.25, -0.2) is 4.68 Å². The Bertz CT molecular complexity index is 816. The SMILES string of the molecule is O=C(Nc1ccc(Nc2ccccc2)cc1)C(=O)Nn1cnnc1. The highest BCUT2D eigenvalue weighted by Crippen LogP contribution is 2.18. The fraction of sp³-hybridized carbons (Fsp3) is 0. The number of anilines is 3. The molecule has 8 heteroatoms. The Balaban J connectivity index is 1.57. The lowest BCUT2D eigenvalue weighted by Crippen LogP contribution is -2.33. The van der Waals surface area contributed by atoms with E-state index in [2.05, 4.69) is 26.3 Å². The van der Waals surface area contributed by atoms with Gasteiger partial charge in [0.05, 0.1) is 0 Å². The molecule has 0 aliphatic heterocycles. The topological polar surface area (TPSA) is 101 Å². The van der Waals surface area contributed by atoms with Crippen molar-refractivity contribution in [2.45, 2.75) is 0 Å². The van der Waals surface area contributed by atoms with Crippen LogP contribution in [0.1, 0.15) is 0 Å². The molecule has 0 atom stereocenters. The summed E-state index contributed by atoms with van der Waals surface area (Å²) in [5.74, 6) is -1.60. The maximum absolute atomic E-state index is 11.8. The molecule has 0 aliphatic carbocycles. The molecule has 0 aliphatic rings. The average Bonchev–Trinajstić information content (AvgIpc) is 3.10. The van der Waals surface area contributed by atoms with Crippen LogP contribution in [0.25, 0.3) is 0 Å². The van der Waals surface area contributed by atoms with Crippen LogP contribution in [-0.4, -0.2) is 26.7 Å². The van der Waals surface area contributed by atoms with Gasteiger partial charge in [0, 0.05) is 17.1 Å². The van der Waals surface area contributed by atoms with E-state index in [4.69, 9.17) is 0 Å². The third kappa shape index (κ3) is 3.95. The molecular formula is C16H14N6O2. The van der Waals surface area contributed by atoms with Crippen LogP contribution in [-0.2, 0) is 9.59 Å². The van der Waals surface area contributed by atoms with Gasteiger partial charge in [-0.05, 0) is 36.4 Å². The molecule has 2 amide bonds. The molecule has 120 valence electrons. The van der Waals surface area contributed by atoms with Gasteiger partial charge in [-0.15, -0.1) is 10.2 Å². The average molecular weight is 322 g/mol. The lowest BCUT2D eigenvalue weighted by molar-refractivity contribution is -0.133. The summed E-state index contributed by atoms with van der Waals surface area (Å²) in [6, 6.07) is 16.7. The van der Waals surface area contributed by atoms with E-state index >= 15 is 0 Å². The predicted octanol–water partition coefficient (Wildman–Crippen LogP) is 1.73. The maximum Gasteiger partial charge on any atom is 0.328 e. The maximum atomic E-state index is 11.8. The van der Waals surface area contributed by atoms with Crippen molar-refractivity contribution in [1.29, 1.82) is 0 Å². The minimum Gasteiger partial charge on any atom is -0.356 e. The van der Waals surface area contributed by atoms with E-state index in [0.29, 0.717) is 5.69 Å². The van der Waals surface area contributed by atoms with E-state index in [0.717, 1.165) is 11.4 Å². The van der Waals surface area contributed by atoms with Crippen molar-refractivity contribution in [1.82, 2.24) is 14.9 Å². The molecule has 0 fully saturated rings. The van der Waals surface area contributed by atoms with Crippen molar-refractivity contribution in [3.05, 3.63) is 67.3 Å². The number of nitrogens with one attached hydrogen (secondary N) is 3. The summed E-state index contributed by atoms with van der Waals surface area (Å²) in [7, 11) is 0. The normalized spacial score (nSPS) is 10.0. The number of para-hydroxylation sites is 1. The summed E-state index contributed by atoms with van der Waals surface area (Å²) in [4.78, 5) is 23.5. The Morgan fingerprint density at radius 3 is 2.00 bits per heavy atom. The number of hydrogen-bond donors (Lipinski definition) is 3. The van der Waals surface area contributed by atoms with Gasteiger partial charge in [-0.3, -0.25) is 15.0 Å². The second-order valence-electron chi connectivity index (χ2n) is 4.83. The molecule has 0 saturated heterocycles. The molecule has 1 heterocycles. The second-order valence-corrected chi connectivity index (χ2v) is 4.83. The van der Waals surface area contributed by atoms with Crippen LogP contribution < -0.4 is 16.1 Å². The van der Waals surface area contributed by atoms with Crippen molar-refractivity contribution in [3.8, 4) is 0 Å². The Labute approximate surface area is 137 Å². The van der Waals surface area contributed by atoms with Crippen molar-refractivity contribution < 1.29 is 9.59 Å². The Hall–Kier alpha value is -3.68. The first kappa shape index (κ1) is 15.2. The quantitative estimate of drug-likeness (QED) is 0.635. The fourth-order valence-corrected chi connectivity index (χ4v) is 1.94. The van der Waals surface area contributed by atoms with Crippen LogP contribution in [0.15, 0.2) is 67.3 Å². The van der Waals surface area contributed by atoms with E-state index in [9.17, 15) is 9.59 Å². The number of amides is 2. The molecule has 0 radical (unpaired) electrons. The molecule has 3 rings (SSSR count). The molecule has 8 nitrogen and oxygen atoms in total. The van der Waals surface area contributed by atoms with Crippen LogP contribution in [0.3, 0.4) is 0 Å². The minimum absolute atomic E-state index is 0.512. The van der Waals surface area contributed by atoms with Gasteiger partial charge in [0.15, 0.2) is 0 Å². The third-order valence-electron chi connectivity index (χ3n) is 3.06. The second kappa shape index (κ2) is 7.05. The van der Waals surface area contributed by atoms with Gasteiger partial charge in [0.25, 0.3) is 0 Å². The highest BCUT2D eigenvalue weighted by atomic mass is 16.2. The van der Waals surface area contributed by atoms with Gasteiger partial charge in [-0.1, -0.05) is 18.2 Å². The van der Waals surface area contributed by atoms with Gasteiger partial charge >= 0.3 is 11.8 Å². The molecule has 0 saturated carbocycles. The standard InChI is InChI=1S/C16H14N6O2/c23-15(16(24)21-22-10-17-18-11-22)20-14-8-6-13(7-9-14)19-12-4-2-1-3-5-12/h1-11,19H,(H,20,23)(H,21,24). The number of carbonyl (C=O) groups excluding carboxylic acids is 2. The van der Waals surface area contributed by atoms with Gasteiger partial charge in [0.2, 0.25) is 0 Å². The Kier molecular flexibility index (Phi) is 4.47. The number of benzene rings is 2. The highest BCUT2D eigenvalue weighted by Gasteiger charge is 2.14. The molecular weight excluding hydrogens is 308 g/mol. The first-order chi connectivity index (χ1) is 11.7. The van der Waals surface area contributed by atoms with Crippen LogP contribution in [0, 0.1) is 0 Å². The zero-order valence-corrected chi connectivity index (χ0v) is 12.5. The van der Waals surface area contributed by atoms with Crippen LogP contribution >= 0.6 is 0 Å². The number of aromatic nitrogens is 3. The van der Waals surface area contributed by atoms with Crippen molar-refractivity contribution in [3.63, 3.8) is 0 Å². The zero-order chi connectivity index (χ0) is 16.8. The minimum atomic E-state index is -0.818. The lowest BCUT2D eigenvalue weighted by Gasteiger charge is -2.09. The van der Waals surface area contributed by atoms with E-state index in [1.54, 1.807) is 24.3 Å². The first-order valence-electron chi connectivity index (χ1n) is 7.10. The summed E-state index contributed by atoms with van der Waals surface area (Å²) in [6.45, 7) is 0. The van der Waals surface area contributed by atoms with E-state index in [1.807, 2.05) is 30.3 Å². The van der Waals surface area contributed by atoms with Gasteiger partial charge in [-0.2, -0.15) is 0 Å². The Morgan fingerprint density at radius 1 is 0.750 bits per heavy atom. The van der Waals surface area contributed by atoms with Crippen molar-refractivity contribution in [2.75, 3.05) is 16.1 Å². The molecule has 1 aromatic heterocycles. The first-order valence-corrected chi connectivity index (χ1v) is 7.10. The lowest BCUT2D eigenvalue weighted by atomic mass is 10.2. The monoisotopic (exact) mass is 322 g/mol. The van der Waals surface area contributed by atoms with Crippen molar-refractivity contribution in [2.24, 2.45) is 0 Å². The fourth-order valence-electron chi connectivity index (χ4n) is 1.94. The summed E-state index contributed by atoms with van der Waals surface area (Å²) in [5, 5.41) is 12.8. The zero-order valence-electron chi connectivity index (χ0n) is 12.5. The van der Waals surface area contributed by atoms with E-state index < -0.39 is 11.8 Å². The van der Waals surface area contributed by atoms with Crippen LogP contribution in [0.4, 0.5) is 17.1 Å². The number of hydrogen-bond acceptors (Lipinski definition) is 5. The van der Waals surface area contributed by atoms with Crippen molar-refractivity contribution >= 4 is 28.9 Å². The van der Waals surface area contributed by atoms with Gasteiger partial charge < -0.3 is 10.6 Å². The van der Waals surface area contributed by atoms with Gasteiger partial charge in [0.1, 0.15) is 12.7 Å². The third-order valence-corrected chi connectivity index (χ3v) is 3.06. The van der Waals surface area contributed by atoms with E-state index in [-0.39, 0.29) is 0 Å². The molecule has 24 heavy (non-hydrogen) atoms. The smallest absolute Gasteiger partial charge is 0.328 e. The number of nitrogens with zero attached hydrogens (tertiary/aromatic N) is 3. The predicted molar refractivity (Wildman–Crippen MR) is 89.2 cm³/mol.